The van der Waals surface area contributed by atoms with Gasteiger partial charge < -0.3 is 20.1 Å². The quantitative estimate of drug-likeness (QED) is 0.530. The molecule has 0 heterocycles. The maximum Gasteiger partial charge on any atom is 0.222 e. The van der Waals surface area contributed by atoms with Gasteiger partial charge in [0.2, 0.25) is 11.8 Å². The number of carbonyl (C=O) groups excluding carboxylic acids is 3. The van der Waals surface area contributed by atoms with Crippen molar-refractivity contribution in [2.75, 3.05) is 33.4 Å². The summed E-state index contributed by atoms with van der Waals surface area (Å²) in [6.45, 7) is 11.2. The van der Waals surface area contributed by atoms with E-state index in [0.29, 0.717) is 50.9 Å². The van der Waals surface area contributed by atoms with Gasteiger partial charge in [0.15, 0.2) is 0 Å². The van der Waals surface area contributed by atoms with Gasteiger partial charge in [0, 0.05) is 32.4 Å². The SMILES string of the molecule is CC.CC(=O)C1CCC1.CNC(=O)CCOCCNC(=O)CCOC(C)C. The molecule has 0 unspecified atom stereocenters. The number of hydrogen-bond donors (Lipinski definition) is 2. The molecule has 1 aliphatic rings. The molecule has 1 saturated carbocycles. The Morgan fingerprint density at radius 1 is 1.00 bits per heavy atom. The third-order valence-corrected chi connectivity index (χ3v) is 3.78. The molecule has 2 amide bonds. The van der Waals surface area contributed by atoms with E-state index in [9.17, 15) is 14.4 Å². The topological polar surface area (TPSA) is 93.7 Å². The molecule has 0 atom stereocenters. The van der Waals surface area contributed by atoms with Crippen LogP contribution in [-0.4, -0.2) is 57.1 Å². The van der Waals surface area contributed by atoms with Gasteiger partial charge in [0.1, 0.15) is 5.78 Å². The Balaban J connectivity index is 0. The number of nitrogens with one attached hydrogen (secondary N) is 2. The number of Topliss-reactive ketones (excluding diaryl/α,β-unsaturated/α-hetero) is 1. The van der Waals surface area contributed by atoms with Crippen LogP contribution >= 0.6 is 0 Å². The summed E-state index contributed by atoms with van der Waals surface area (Å²) < 4.78 is 10.5. The van der Waals surface area contributed by atoms with Crippen molar-refractivity contribution in [3.05, 3.63) is 0 Å². The van der Waals surface area contributed by atoms with Crippen LogP contribution in [0.5, 0.6) is 0 Å². The minimum atomic E-state index is -0.0510. The highest BCUT2D eigenvalue weighted by Gasteiger charge is 2.20. The lowest BCUT2D eigenvalue weighted by molar-refractivity contribution is -0.123. The van der Waals surface area contributed by atoms with Gasteiger partial charge in [0.05, 0.1) is 25.9 Å². The average Bonchev–Trinajstić information content (AvgIpc) is 2.57. The fraction of sp³-hybridized carbons (Fsp3) is 0.850. The molecule has 0 aliphatic heterocycles. The van der Waals surface area contributed by atoms with Gasteiger partial charge in [-0.15, -0.1) is 0 Å². The van der Waals surface area contributed by atoms with Gasteiger partial charge in [-0.25, -0.2) is 0 Å². The van der Waals surface area contributed by atoms with E-state index in [-0.39, 0.29) is 17.9 Å². The Bertz CT molecular complexity index is 396. The molecule has 2 N–H and O–H groups in total. The minimum absolute atomic E-state index is 0.0504. The molecule has 1 fully saturated rings. The zero-order chi connectivity index (χ0) is 21.1. The first-order valence-electron chi connectivity index (χ1n) is 10.0. The standard InChI is InChI=1S/C12H24N2O4.C6H10O.C2H6/c1-10(2)18-8-5-12(16)14-6-9-17-7-4-11(15)13-3;1-5(7)6-3-2-4-6;1-2/h10H,4-9H2,1-3H3,(H,13,15)(H,14,16);6H,2-4H2,1H3;1-2H3. The van der Waals surface area contributed by atoms with E-state index in [1.807, 2.05) is 27.7 Å². The van der Waals surface area contributed by atoms with Crippen molar-refractivity contribution in [3.8, 4) is 0 Å². The van der Waals surface area contributed by atoms with Gasteiger partial charge >= 0.3 is 0 Å². The molecular formula is C20H40N2O5. The second-order valence-corrected chi connectivity index (χ2v) is 6.29. The van der Waals surface area contributed by atoms with E-state index in [4.69, 9.17) is 9.47 Å². The van der Waals surface area contributed by atoms with Crippen molar-refractivity contribution < 1.29 is 23.9 Å². The second kappa shape index (κ2) is 19.3. The molecule has 0 aromatic heterocycles. The first-order valence-corrected chi connectivity index (χ1v) is 10.0. The summed E-state index contributed by atoms with van der Waals surface area (Å²) in [4.78, 5) is 32.6. The Labute approximate surface area is 164 Å². The van der Waals surface area contributed by atoms with Crippen molar-refractivity contribution in [2.45, 2.75) is 72.8 Å². The van der Waals surface area contributed by atoms with Crippen LogP contribution in [0.15, 0.2) is 0 Å². The van der Waals surface area contributed by atoms with Crippen molar-refractivity contribution in [3.63, 3.8) is 0 Å². The smallest absolute Gasteiger partial charge is 0.222 e. The van der Waals surface area contributed by atoms with Crippen LogP contribution in [0.1, 0.15) is 66.7 Å². The van der Waals surface area contributed by atoms with E-state index in [1.165, 1.54) is 6.42 Å². The summed E-state index contributed by atoms with van der Waals surface area (Å²) >= 11 is 0. The number of hydrogen-bond acceptors (Lipinski definition) is 5. The van der Waals surface area contributed by atoms with Crippen molar-refractivity contribution >= 4 is 17.6 Å². The van der Waals surface area contributed by atoms with Gasteiger partial charge in [-0.05, 0) is 33.6 Å². The van der Waals surface area contributed by atoms with Crippen LogP contribution in [0.2, 0.25) is 0 Å². The highest BCUT2D eigenvalue weighted by molar-refractivity contribution is 5.78. The van der Waals surface area contributed by atoms with Crippen LogP contribution in [0, 0.1) is 5.92 Å². The normalized spacial score (nSPS) is 12.7. The number of rotatable bonds is 11. The molecule has 0 saturated heterocycles. The molecule has 0 radical (unpaired) electrons. The first-order chi connectivity index (χ1) is 12.9. The van der Waals surface area contributed by atoms with Crippen molar-refractivity contribution in [1.82, 2.24) is 10.6 Å². The molecule has 1 rings (SSSR count). The molecule has 160 valence electrons. The van der Waals surface area contributed by atoms with E-state index in [1.54, 1.807) is 14.0 Å². The summed E-state index contributed by atoms with van der Waals surface area (Å²) in [5, 5.41) is 5.22. The number of ketones is 1. The van der Waals surface area contributed by atoms with Gasteiger partial charge in [-0.2, -0.15) is 0 Å². The van der Waals surface area contributed by atoms with Gasteiger partial charge in [0.25, 0.3) is 0 Å². The lowest BCUT2D eigenvalue weighted by Crippen LogP contribution is -2.28. The molecule has 7 nitrogen and oxygen atoms in total. The molecule has 0 aromatic rings. The Kier molecular flexibility index (Phi) is 19.8. The maximum absolute atomic E-state index is 11.3. The van der Waals surface area contributed by atoms with Crippen molar-refractivity contribution in [2.24, 2.45) is 5.92 Å². The lowest BCUT2D eigenvalue weighted by atomic mass is 9.83. The fourth-order valence-electron chi connectivity index (χ4n) is 1.95. The summed E-state index contributed by atoms with van der Waals surface area (Å²) in [6, 6.07) is 0. The Hall–Kier alpha value is -1.47. The average molecular weight is 389 g/mol. The summed E-state index contributed by atoms with van der Waals surface area (Å²) in [7, 11) is 1.59. The Morgan fingerprint density at radius 3 is 2.00 bits per heavy atom. The van der Waals surface area contributed by atoms with Gasteiger partial charge in [-0.1, -0.05) is 20.3 Å². The Morgan fingerprint density at radius 2 is 1.59 bits per heavy atom. The predicted molar refractivity (Wildman–Crippen MR) is 108 cm³/mol. The lowest BCUT2D eigenvalue weighted by Gasteiger charge is -2.21. The van der Waals surface area contributed by atoms with Crippen LogP contribution in [0.3, 0.4) is 0 Å². The van der Waals surface area contributed by atoms with Gasteiger partial charge in [-0.3, -0.25) is 14.4 Å². The molecule has 27 heavy (non-hydrogen) atoms. The monoisotopic (exact) mass is 388 g/mol. The number of amides is 2. The molecule has 0 spiro atoms. The molecular weight excluding hydrogens is 348 g/mol. The largest absolute Gasteiger partial charge is 0.379 e. The second-order valence-electron chi connectivity index (χ2n) is 6.29. The third-order valence-electron chi connectivity index (χ3n) is 3.78. The van der Waals surface area contributed by atoms with E-state index >= 15 is 0 Å². The van der Waals surface area contributed by atoms with E-state index in [2.05, 4.69) is 10.6 Å². The van der Waals surface area contributed by atoms with Crippen LogP contribution in [0.4, 0.5) is 0 Å². The maximum atomic E-state index is 11.3. The first kappa shape index (κ1) is 27.7. The number of carbonyl (C=O) groups is 3. The zero-order valence-electron chi connectivity index (χ0n) is 18.1. The molecule has 1 aliphatic carbocycles. The summed E-state index contributed by atoms with van der Waals surface area (Å²) in [6.07, 6.45) is 4.41. The van der Waals surface area contributed by atoms with E-state index in [0.717, 1.165) is 12.8 Å². The van der Waals surface area contributed by atoms with Crippen LogP contribution in [-0.2, 0) is 23.9 Å². The highest BCUT2D eigenvalue weighted by Crippen LogP contribution is 2.26. The number of ether oxygens (including phenoxy) is 2. The third kappa shape index (κ3) is 19.1. The zero-order valence-corrected chi connectivity index (χ0v) is 18.1. The minimum Gasteiger partial charge on any atom is -0.379 e. The fourth-order valence-corrected chi connectivity index (χ4v) is 1.95. The van der Waals surface area contributed by atoms with Crippen molar-refractivity contribution in [1.29, 1.82) is 0 Å². The molecule has 0 bridgehead atoms. The summed E-state index contributed by atoms with van der Waals surface area (Å²) in [5.74, 6) is 0.724. The highest BCUT2D eigenvalue weighted by atomic mass is 16.5. The predicted octanol–water partition coefficient (Wildman–Crippen LogP) is 2.47. The summed E-state index contributed by atoms with van der Waals surface area (Å²) in [5.41, 5.74) is 0. The van der Waals surface area contributed by atoms with Crippen LogP contribution in [0.25, 0.3) is 0 Å². The molecule has 0 aromatic carbocycles. The van der Waals surface area contributed by atoms with E-state index < -0.39 is 0 Å². The molecule has 7 heteroatoms. The van der Waals surface area contributed by atoms with Crippen LogP contribution < -0.4 is 10.6 Å².